The molecule has 1 heterocycles. The molecular formula is C14H29N3. The fourth-order valence-corrected chi connectivity index (χ4v) is 3.53. The predicted octanol–water partition coefficient (Wildman–Crippen LogP) is 1.54. The zero-order valence-electron chi connectivity index (χ0n) is 11.8. The summed E-state index contributed by atoms with van der Waals surface area (Å²) in [6.45, 7) is 2.62. The zero-order chi connectivity index (χ0) is 12.3. The maximum atomic E-state index is 3.47. The molecule has 2 rings (SSSR count). The Hall–Kier alpha value is -0.120. The number of likely N-dealkylation sites (tertiary alicyclic amines) is 1. The third-order valence-electron chi connectivity index (χ3n) is 4.80. The lowest BCUT2D eigenvalue weighted by Crippen LogP contribution is -2.49. The third-order valence-corrected chi connectivity index (χ3v) is 4.80. The van der Waals surface area contributed by atoms with Crippen molar-refractivity contribution in [3.05, 3.63) is 0 Å². The Balaban J connectivity index is 1.80. The molecule has 1 N–H and O–H groups in total. The minimum Gasteiger partial charge on any atom is -0.317 e. The van der Waals surface area contributed by atoms with Crippen molar-refractivity contribution in [2.24, 2.45) is 0 Å². The molecule has 0 spiro atoms. The maximum Gasteiger partial charge on any atom is 0.0113 e. The van der Waals surface area contributed by atoms with Gasteiger partial charge >= 0.3 is 0 Å². The standard InChI is InChI=1S/C14H29N3/c1-15-12-5-4-6-14(11-12)17-9-7-13(8-10-17)16(2)3/h12-15H,4-11H2,1-3H3/t12-,14+/m0/s1. The van der Waals surface area contributed by atoms with Crippen LogP contribution in [0.4, 0.5) is 0 Å². The summed E-state index contributed by atoms with van der Waals surface area (Å²) in [6, 6.07) is 2.43. The molecule has 0 aromatic heterocycles. The summed E-state index contributed by atoms with van der Waals surface area (Å²) in [4.78, 5) is 5.15. The number of piperidine rings is 1. The number of hydrogen-bond acceptors (Lipinski definition) is 3. The van der Waals surface area contributed by atoms with E-state index in [0.717, 1.165) is 18.1 Å². The van der Waals surface area contributed by atoms with E-state index in [9.17, 15) is 0 Å². The van der Waals surface area contributed by atoms with E-state index >= 15 is 0 Å². The molecular weight excluding hydrogens is 210 g/mol. The summed E-state index contributed by atoms with van der Waals surface area (Å²) in [5.74, 6) is 0. The Labute approximate surface area is 107 Å². The van der Waals surface area contributed by atoms with Crippen molar-refractivity contribution in [1.82, 2.24) is 15.1 Å². The predicted molar refractivity (Wildman–Crippen MR) is 73.4 cm³/mol. The van der Waals surface area contributed by atoms with Crippen LogP contribution in [-0.4, -0.2) is 62.2 Å². The second kappa shape index (κ2) is 6.17. The minimum atomic E-state index is 0.764. The number of nitrogens with one attached hydrogen (secondary N) is 1. The van der Waals surface area contributed by atoms with Crippen molar-refractivity contribution >= 4 is 0 Å². The molecule has 1 saturated carbocycles. The molecule has 1 aliphatic heterocycles. The molecule has 17 heavy (non-hydrogen) atoms. The van der Waals surface area contributed by atoms with Crippen molar-refractivity contribution < 1.29 is 0 Å². The lowest BCUT2D eigenvalue weighted by Gasteiger charge is -2.42. The highest BCUT2D eigenvalue weighted by Gasteiger charge is 2.29. The highest BCUT2D eigenvalue weighted by Crippen LogP contribution is 2.26. The van der Waals surface area contributed by atoms with E-state index in [-0.39, 0.29) is 0 Å². The Morgan fingerprint density at radius 3 is 2.35 bits per heavy atom. The van der Waals surface area contributed by atoms with E-state index in [1.807, 2.05) is 0 Å². The Morgan fingerprint density at radius 2 is 1.76 bits per heavy atom. The third kappa shape index (κ3) is 3.43. The van der Waals surface area contributed by atoms with Crippen LogP contribution in [0.25, 0.3) is 0 Å². The van der Waals surface area contributed by atoms with E-state index in [1.54, 1.807) is 0 Å². The average Bonchev–Trinajstić information content (AvgIpc) is 2.39. The normalized spacial score (nSPS) is 33.2. The number of rotatable bonds is 3. The monoisotopic (exact) mass is 239 g/mol. The van der Waals surface area contributed by atoms with E-state index in [1.165, 1.54) is 51.6 Å². The van der Waals surface area contributed by atoms with Gasteiger partial charge in [-0.1, -0.05) is 6.42 Å². The molecule has 0 unspecified atom stereocenters. The van der Waals surface area contributed by atoms with E-state index < -0.39 is 0 Å². The van der Waals surface area contributed by atoms with Crippen LogP contribution in [0.2, 0.25) is 0 Å². The van der Waals surface area contributed by atoms with Crippen LogP contribution in [0.1, 0.15) is 38.5 Å². The van der Waals surface area contributed by atoms with Crippen molar-refractivity contribution in [3.8, 4) is 0 Å². The van der Waals surface area contributed by atoms with E-state index in [4.69, 9.17) is 0 Å². The van der Waals surface area contributed by atoms with Crippen LogP contribution in [0.15, 0.2) is 0 Å². The molecule has 0 aromatic rings. The van der Waals surface area contributed by atoms with Gasteiger partial charge in [-0.2, -0.15) is 0 Å². The average molecular weight is 239 g/mol. The van der Waals surface area contributed by atoms with Gasteiger partial charge in [0.1, 0.15) is 0 Å². The van der Waals surface area contributed by atoms with Crippen LogP contribution in [0, 0.1) is 0 Å². The second-order valence-electron chi connectivity index (χ2n) is 6.04. The second-order valence-corrected chi connectivity index (χ2v) is 6.04. The topological polar surface area (TPSA) is 18.5 Å². The molecule has 3 heteroatoms. The summed E-state index contributed by atoms with van der Waals surface area (Å²) in [5.41, 5.74) is 0. The largest absolute Gasteiger partial charge is 0.317 e. The molecule has 0 bridgehead atoms. The first-order chi connectivity index (χ1) is 8.20. The van der Waals surface area contributed by atoms with Crippen LogP contribution < -0.4 is 5.32 Å². The van der Waals surface area contributed by atoms with Gasteiger partial charge in [-0.05, 0) is 66.3 Å². The maximum absolute atomic E-state index is 3.47. The van der Waals surface area contributed by atoms with Crippen molar-refractivity contribution in [1.29, 1.82) is 0 Å². The molecule has 0 aromatic carbocycles. The van der Waals surface area contributed by atoms with Gasteiger partial charge in [0.05, 0.1) is 0 Å². The Morgan fingerprint density at radius 1 is 1.06 bits per heavy atom. The van der Waals surface area contributed by atoms with E-state index in [2.05, 4.69) is 36.3 Å². The lowest BCUT2D eigenvalue weighted by atomic mass is 9.88. The molecule has 1 saturated heterocycles. The van der Waals surface area contributed by atoms with E-state index in [0.29, 0.717) is 0 Å². The molecule has 2 aliphatic rings. The number of nitrogens with zero attached hydrogens (tertiary/aromatic N) is 2. The van der Waals surface area contributed by atoms with Gasteiger partial charge in [0.25, 0.3) is 0 Å². The van der Waals surface area contributed by atoms with Crippen LogP contribution >= 0.6 is 0 Å². The van der Waals surface area contributed by atoms with Crippen molar-refractivity contribution in [2.45, 2.75) is 56.7 Å². The van der Waals surface area contributed by atoms with Gasteiger partial charge < -0.3 is 15.1 Å². The first kappa shape index (κ1) is 13.3. The fraction of sp³-hybridized carbons (Fsp3) is 1.00. The van der Waals surface area contributed by atoms with Crippen molar-refractivity contribution in [3.63, 3.8) is 0 Å². The molecule has 2 atom stereocenters. The minimum absolute atomic E-state index is 0.764. The molecule has 1 aliphatic carbocycles. The molecule has 100 valence electrons. The van der Waals surface area contributed by atoms with Crippen molar-refractivity contribution in [2.75, 3.05) is 34.2 Å². The Kier molecular flexibility index (Phi) is 4.83. The summed E-state index contributed by atoms with van der Waals surface area (Å²) in [5, 5.41) is 3.47. The van der Waals surface area contributed by atoms with Gasteiger partial charge in [-0.25, -0.2) is 0 Å². The van der Waals surface area contributed by atoms with Crippen LogP contribution in [-0.2, 0) is 0 Å². The lowest BCUT2D eigenvalue weighted by molar-refractivity contribution is 0.0826. The van der Waals surface area contributed by atoms with Gasteiger partial charge in [-0.3, -0.25) is 0 Å². The highest BCUT2D eigenvalue weighted by molar-refractivity contribution is 4.87. The quantitative estimate of drug-likeness (QED) is 0.806. The van der Waals surface area contributed by atoms with Crippen LogP contribution in [0.3, 0.4) is 0 Å². The smallest absolute Gasteiger partial charge is 0.0113 e. The first-order valence-corrected chi connectivity index (χ1v) is 7.28. The SMILES string of the molecule is CN[C@H]1CCC[C@@H](N2CCC(N(C)C)CC2)C1. The van der Waals surface area contributed by atoms with Crippen LogP contribution in [0.5, 0.6) is 0 Å². The fourth-order valence-electron chi connectivity index (χ4n) is 3.53. The highest BCUT2D eigenvalue weighted by atomic mass is 15.2. The Bertz CT molecular complexity index is 222. The first-order valence-electron chi connectivity index (χ1n) is 7.28. The van der Waals surface area contributed by atoms with Gasteiger partial charge in [0, 0.05) is 18.1 Å². The molecule has 0 radical (unpaired) electrons. The summed E-state index contributed by atoms with van der Waals surface area (Å²) >= 11 is 0. The molecule has 3 nitrogen and oxygen atoms in total. The summed E-state index contributed by atoms with van der Waals surface area (Å²) < 4.78 is 0. The van der Waals surface area contributed by atoms with Gasteiger partial charge in [0.15, 0.2) is 0 Å². The van der Waals surface area contributed by atoms with Gasteiger partial charge in [-0.15, -0.1) is 0 Å². The zero-order valence-corrected chi connectivity index (χ0v) is 11.8. The molecule has 0 amide bonds. The summed E-state index contributed by atoms with van der Waals surface area (Å²) in [6.07, 6.45) is 8.28. The molecule has 2 fully saturated rings. The number of hydrogen-bond donors (Lipinski definition) is 1. The van der Waals surface area contributed by atoms with Gasteiger partial charge in [0.2, 0.25) is 0 Å². The summed E-state index contributed by atoms with van der Waals surface area (Å²) in [7, 11) is 6.56.